The van der Waals surface area contributed by atoms with E-state index >= 15 is 0 Å². The molecule has 0 bridgehead atoms. The van der Waals surface area contributed by atoms with Crippen molar-refractivity contribution in [3.8, 4) is 5.75 Å². The molecule has 2 aromatic carbocycles. The molecule has 30 heavy (non-hydrogen) atoms. The molecule has 0 radical (unpaired) electrons. The van der Waals surface area contributed by atoms with Crippen molar-refractivity contribution in [2.24, 2.45) is 5.92 Å². The van der Waals surface area contributed by atoms with Crippen molar-refractivity contribution in [1.82, 2.24) is 9.80 Å². The van der Waals surface area contributed by atoms with Crippen LogP contribution in [0.2, 0.25) is 5.02 Å². The SMILES string of the molecule is COc1cccc([C@@H]2CN(C(=O)c3cccc(Cl)c3)C[C@H]2C(=O)N2CCOCC2)c1. The van der Waals surface area contributed by atoms with Gasteiger partial charge in [0.15, 0.2) is 0 Å². The van der Waals surface area contributed by atoms with Crippen molar-refractivity contribution >= 4 is 23.4 Å². The van der Waals surface area contributed by atoms with Gasteiger partial charge in [-0.15, -0.1) is 0 Å². The Morgan fingerprint density at radius 2 is 1.80 bits per heavy atom. The number of ether oxygens (including phenoxy) is 2. The first-order chi connectivity index (χ1) is 14.6. The summed E-state index contributed by atoms with van der Waals surface area (Å²) in [5, 5.41) is 0.519. The van der Waals surface area contributed by atoms with Crippen LogP contribution in [0.15, 0.2) is 48.5 Å². The van der Waals surface area contributed by atoms with Crippen LogP contribution < -0.4 is 4.74 Å². The highest BCUT2D eigenvalue weighted by atomic mass is 35.5. The molecule has 2 aromatic rings. The van der Waals surface area contributed by atoms with Gasteiger partial charge < -0.3 is 19.3 Å². The molecular weight excluding hydrogens is 404 g/mol. The molecule has 0 saturated carbocycles. The maximum Gasteiger partial charge on any atom is 0.253 e. The molecule has 7 heteroatoms. The van der Waals surface area contributed by atoms with Crippen molar-refractivity contribution in [3.05, 3.63) is 64.7 Å². The summed E-state index contributed by atoms with van der Waals surface area (Å²) >= 11 is 6.08. The summed E-state index contributed by atoms with van der Waals surface area (Å²) in [7, 11) is 1.62. The minimum atomic E-state index is -0.307. The third-order valence-corrected chi connectivity index (χ3v) is 6.08. The van der Waals surface area contributed by atoms with Gasteiger partial charge in [-0.25, -0.2) is 0 Å². The molecule has 0 unspecified atom stereocenters. The zero-order valence-electron chi connectivity index (χ0n) is 16.9. The van der Waals surface area contributed by atoms with Gasteiger partial charge in [0.2, 0.25) is 5.91 Å². The summed E-state index contributed by atoms with van der Waals surface area (Å²) in [5.74, 6) is 0.303. The van der Waals surface area contributed by atoms with E-state index < -0.39 is 0 Å². The van der Waals surface area contributed by atoms with Crippen LogP contribution >= 0.6 is 11.6 Å². The standard InChI is InChI=1S/C23H25ClN2O4/c1-29-19-7-3-4-16(13-19)20-14-26(22(27)17-5-2-6-18(24)12-17)15-21(20)23(28)25-8-10-30-11-9-25/h2-7,12-13,20-21H,8-11,14-15H2,1H3/t20-,21+/m0/s1. The third-order valence-electron chi connectivity index (χ3n) is 5.84. The molecule has 0 N–H and O–H groups in total. The number of benzene rings is 2. The van der Waals surface area contributed by atoms with Crippen LogP contribution in [0.3, 0.4) is 0 Å². The van der Waals surface area contributed by atoms with E-state index in [4.69, 9.17) is 21.1 Å². The van der Waals surface area contributed by atoms with Crippen LogP contribution in [0, 0.1) is 5.92 Å². The van der Waals surface area contributed by atoms with Crippen molar-refractivity contribution in [2.45, 2.75) is 5.92 Å². The second kappa shape index (κ2) is 9.06. The highest BCUT2D eigenvalue weighted by Gasteiger charge is 2.42. The summed E-state index contributed by atoms with van der Waals surface area (Å²) in [6.45, 7) is 3.12. The van der Waals surface area contributed by atoms with E-state index in [1.807, 2.05) is 29.2 Å². The minimum Gasteiger partial charge on any atom is -0.497 e. The lowest BCUT2D eigenvalue weighted by Crippen LogP contribution is -2.45. The van der Waals surface area contributed by atoms with Crippen LogP contribution in [0.25, 0.3) is 0 Å². The van der Waals surface area contributed by atoms with Gasteiger partial charge in [-0.05, 0) is 35.9 Å². The summed E-state index contributed by atoms with van der Waals surface area (Å²) in [6, 6.07) is 14.7. The van der Waals surface area contributed by atoms with Crippen molar-refractivity contribution in [1.29, 1.82) is 0 Å². The molecule has 2 heterocycles. The van der Waals surface area contributed by atoms with E-state index in [0.717, 1.165) is 11.3 Å². The van der Waals surface area contributed by atoms with Gasteiger partial charge in [0, 0.05) is 42.7 Å². The quantitative estimate of drug-likeness (QED) is 0.751. The average Bonchev–Trinajstić information content (AvgIpc) is 3.24. The van der Waals surface area contributed by atoms with Crippen molar-refractivity contribution in [2.75, 3.05) is 46.5 Å². The zero-order chi connectivity index (χ0) is 21.1. The lowest BCUT2D eigenvalue weighted by molar-refractivity contribution is -0.139. The number of rotatable bonds is 4. The summed E-state index contributed by atoms with van der Waals surface area (Å²) in [4.78, 5) is 30.1. The third kappa shape index (κ3) is 4.30. The van der Waals surface area contributed by atoms with Crippen LogP contribution in [-0.2, 0) is 9.53 Å². The van der Waals surface area contributed by atoms with Crippen LogP contribution in [0.1, 0.15) is 21.8 Å². The molecule has 0 aromatic heterocycles. The van der Waals surface area contributed by atoms with E-state index in [2.05, 4.69) is 0 Å². The van der Waals surface area contributed by atoms with E-state index in [1.165, 1.54) is 0 Å². The van der Waals surface area contributed by atoms with E-state index in [1.54, 1.807) is 36.3 Å². The van der Waals surface area contributed by atoms with Gasteiger partial charge in [0.25, 0.3) is 5.91 Å². The zero-order valence-corrected chi connectivity index (χ0v) is 17.7. The molecule has 0 aliphatic carbocycles. The molecule has 2 amide bonds. The first-order valence-electron chi connectivity index (χ1n) is 10.1. The number of hydrogen-bond acceptors (Lipinski definition) is 4. The number of methoxy groups -OCH3 is 1. The normalized spacial score (nSPS) is 21.5. The number of carbonyl (C=O) groups excluding carboxylic acids is 2. The van der Waals surface area contributed by atoms with Crippen molar-refractivity contribution < 1.29 is 19.1 Å². The Hall–Kier alpha value is -2.57. The molecule has 2 aliphatic rings. The number of hydrogen-bond donors (Lipinski definition) is 0. The fourth-order valence-corrected chi connectivity index (χ4v) is 4.44. The molecule has 2 fully saturated rings. The van der Waals surface area contributed by atoms with Gasteiger partial charge in [0.05, 0.1) is 26.2 Å². The van der Waals surface area contributed by atoms with Gasteiger partial charge in [-0.2, -0.15) is 0 Å². The van der Waals surface area contributed by atoms with Crippen LogP contribution in [0.4, 0.5) is 0 Å². The second-order valence-corrected chi connectivity index (χ2v) is 8.08. The Morgan fingerprint density at radius 1 is 1.03 bits per heavy atom. The van der Waals surface area contributed by atoms with E-state index in [9.17, 15) is 9.59 Å². The number of carbonyl (C=O) groups is 2. The lowest BCUT2D eigenvalue weighted by Gasteiger charge is -2.30. The van der Waals surface area contributed by atoms with Crippen LogP contribution in [0.5, 0.6) is 5.75 Å². The lowest BCUT2D eigenvalue weighted by atomic mass is 9.87. The Bertz CT molecular complexity index is 929. The number of morpholine rings is 1. The monoisotopic (exact) mass is 428 g/mol. The molecule has 2 aliphatic heterocycles. The summed E-state index contributed by atoms with van der Waals surface area (Å²) in [6.07, 6.45) is 0. The predicted molar refractivity (Wildman–Crippen MR) is 114 cm³/mol. The maximum absolute atomic E-state index is 13.4. The summed E-state index contributed by atoms with van der Waals surface area (Å²) < 4.78 is 10.8. The molecule has 2 atom stereocenters. The Balaban J connectivity index is 1.62. The molecule has 4 rings (SSSR count). The highest BCUT2D eigenvalue weighted by Crippen LogP contribution is 2.36. The number of nitrogens with zero attached hydrogens (tertiary/aromatic N) is 2. The average molecular weight is 429 g/mol. The highest BCUT2D eigenvalue weighted by molar-refractivity contribution is 6.30. The van der Waals surface area contributed by atoms with E-state index in [0.29, 0.717) is 50.0 Å². The predicted octanol–water partition coefficient (Wildman–Crippen LogP) is 3.06. The van der Waals surface area contributed by atoms with Gasteiger partial charge in [-0.3, -0.25) is 9.59 Å². The molecular formula is C23H25ClN2O4. The van der Waals surface area contributed by atoms with Gasteiger partial charge in [0.1, 0.15) is 5.75 Å². The first-order valence-corrected chi connectivity index (χ1v) is 10.5. The first kappa shape index (κ1) is 20.7. The second-order valence-electron chi connectivity index (χ2n) is 7.65. The Kier molecular flexibility index (Phi) is 6.25. The topological polar surface area (TPSA) is 59.1 Å². The number of halogens is 1. The fourth-order valence-electron chi connectivity index (χ4n) is 4.25. The smallest absolute Gasteiger partial charge is 0.253 e. The fraction of sp³-hybridized carbons (Fsp3) is 0.391. The molecule has 2 saturated heterocycles. The molecule has 158 valence electrons. The maximum atomic E-state index is 13.4. The molecule has 0 spiro atoms. The Morgan fingerprint density at radius 3 is 2.53 bits per heavy atom. The van der Waals surface area contributed by atoms with Crippen LogP contribution in [-0.4, -0.2) is 68.1 Å². The van der Waals surface area contributed by atoms with Crippen molar-refractivity contribution in [3.63, 3.8) is 0 Å². The van der Waals surface area contributed by atoms with Gasteiger partial charge in [-0.1, -0.05) is 29.8 Å². The number of amides is 2. The van der Waals surface area contributed by atoms with Gasteiger partial charge >= 0.3 is 0 Å². The minimum absolute atomic E-state index is 0.0764. The molecule has 6 nitrogen and oxygen atoms in total. The Labute approximate surface area is 181 Å². The largest absolute Gasteiger partial charge is 0.497 e. The summed E-state index contributed by atoms with van der Waals surface area (Å²) in [5.41, 5.74) is 1.54. The number of likely N-dealkylation sites (tertiary alicyclic amines) is 1. The van der Waals surface area contributed by atoms with E-state index in [-0.39, 0.29) is 23.7 Å².